The maximum Gasteiger partial charge on any atom is 0.159 e. The molecule has 2 aromatic heterocycles. The standard InChI is InChI=1S/C23H27FN6O/c1-13-5-15-9-26-30(21(15)7-19(13)18-3-4-25-10-20(18)24)23-8-22(27-14(2)28-23)29-11-17-6-16(29)12-31-17/h5,7-9,16-18,20,25H,3-4,6,10-12H2,1-2H3/t16-,17-,18+,20+/m0/s1. The van der Waals surface area contributed by atoms with E-state index in [9.17, 15) is 4.39 Å². The molecule has 6 rings (SSSR count). The number of hydrogen-bond acceptors (Lipinski definition) is 6. The Labute approximate surface area is 180 Å². The molecule has 3 aliphatic rings. The highest BCUT2D eigenvalue weighted by atomic mass is 19.1. The van der Waals surface area contributed by atoms with E-state index in [2.05, 4.69) is 39.4 Å². The lowest BCUT2D eigenvalue weighted by Gasteiger charge is -2.28. The smallest absolute Gasteiger partial charge is 0.159 e. The predicted octanol–water partition coefficient (Wildman–Crippen LogP) is 2.82. The van der Waals surface area contributed by atoms with Crippen molar-refractivity contribution in [1.29, 1.82) is 0 Å². The summed E-state index contributed by atoms with van der Waals surface area (Å²) in [6, 6.07) is 6.64. The molecule has 1 N–H and O–H groups in total. The topological polar surface area (TPSA) is 68.1 Å². The maximum absolute atomic E-state index is 14.7. The largest absolute Gasteiger partial charge is 0.374 e. The van der Waals surface area contributed by atoms with Crippen molar-refractivity contribution < 1.29 is 9.13 Å². The first-order chi connectivity index (χ1) is 15.1. The van der Waals surface area contributed by atoms with Crippen LogP contribution in [0.4, 0.5) is 10.2 Å². The zero-order chi connectivity index (χ0) is 21.1. The van der Waals surface area contributed by atoms with Crippen molar-refractivity contribution in [3.05, 3.63) is 41.3 Å². The lowest BCUT2D eigenvalue weighted by atomic mass is 9.85. The average molecular weight is 423 g/mol. The second kappa shape index (κ2) is 7.24. The molecule has 0 amide bonds. The van der Waals surface area contributed by atoms with Crippen LogP contribution in [0.1, 0.15) is 35.7 Å². The second-order valence-electron chi connectivity index (χ2n) is 9.07. The van der Waals surface area contributed by atoms with Gasteiger partial charge in [0.1, 0.15) is 17.8 Å². The van der Waals surface area contributed by atoms with Gasteiger partial charge in [-0.1, -0.05) is 0 Å². The SMILES string of the molecule is Cc1nc(N2C[C@@H]3C[C@H]2CO3)cc(-n2ncc3cc(C)c([C@H]4CCNC[C@H]4F)cc32)n1. The molecule has 8 heteroatoms. The van der Waals surface area contributed by atoms with Gasteiger partial charge in [0.25, 0.3) is 0 Å². The van der Waals surface area contributed by atoms with E-state index in [0.29, 0.717) is 24.5 Å². The summed E-state index contributed by atoms with van der Waals surface area (Å²) in [5.41, 5.74) is 3.15. The number of ether oxygens (including phenoxy) is 1. The van der Waals surface area contributed by atoms with Gasteiger partial charge in [-0.3, -0.25) is 0 Å². The monoisotopic (exact) mass is 422 g/mol. The van der Waals surface area contributed by atoms with Crippen LogP contribution in [0.3, 0.4) is 0 Å². The van der Waals surface area contributed by atoms with E-state index in [-0.39, 0.29) is 5.92 Å². The number of piperidine rings is 1. The Morgan fingerprint density at radius 3 is 2.81 bits per heavy atom. The number of alkyl halides is 1. The maximum atomic E-state index is 14.7. The van der Waals surface area contributed by atoms with Crippen LogP contribution >= 0.6 is 0 Å². The zero-order valence-corrected chi connectivity index (χ0v) is 17.9. The first kappa shape index (κ1) is 19.1. The van der Waals surface area contributed by atoms with Crippen molar-refractivity contribution in [2.75, 3.05) is 31.1 Å². The Hall–Kier alpha value is -2.58. The molecule has 3 aliphatic heterocycles. The zero-order valence-electron chi connectivity index (χ0n) is 17.9. The van der Waals surface area contributed by atoms with Gasteiger partial charge < -0.3 is 15.0 Å². The first-order valence-corrected chi connectivity index (χ1v) is 11.1. The fourth-order valence-corrected chi connectivity index (χ4v) is 5.43. The first-order valence-electron chi connectivity index (χ1n) is 11.1. The highest BCUT2D eigenvalue weighted by molar-refractivity contribution is 5.82. The molecule has 1 aromatic carbocycles. The number of morpholine rings is 1. The number of rotatable bonds is 3. The van der Waals surface area contributed by atoms with Crippen LogP contribution < -0.4 is 10.2 Å². The molecule has 0 aliphatic carbocycles. The van der Waals surface area contributed by atoms with Crippen LogP contribution in [0.15, 0.2) is 24.4 Å². The number of aryl methyl sites for hydroxylation is 2. The molecular weight excluding hydrogens is 395 g/mol. The van der Waals surface area contributed by atoms with Crippen LogP contribution in [0.5, 0.6) is 0 Å². The minimum absolute atomic E-state index is 0.0863. The summed E-state index contributed by atoms with van der Waals surface area (Å²) in [7, 11) is 0. The van der Waals surface area contributed by atoms with Crippen LogP contribution in [0, 0.1) is 13.8 Å². The molecule has 162 valence electrons. The Kier molecular flexibility index (Phi) is 4.47. The number of halogens is 1. The number of hydrogen-bond donors (Lipinski definition) is 1. The molecule has 3 fully saturated rings. The van der Waals surface area contributed by atoms with Gasteiger partial charge in [0, 0.05) is 30.5 Å². The van der Waals surface area contributed by atoms with E-state index in [4.69, 9.17) is 9.72 Å². The Morgan fingerprint density at radius 2 is 2.03 bits per heavy atom. The van der Waals surface area contributed by atoms with Gasteiger partial charge in [-0.15, -0.1) is 0 Å². The number of nitrogens with zero attached hydrogens (tertiary/aromatic N) is 5. The van der Waals surface area contributed by atoms with E-state index in [1.54, 1.807) is 0 Å². The van der Waals surface area contributed by atoms with Crippen molar-refractivity contribution in [1.82, 2.24) is 25.1 Å². The van der Waals surface area contributed by atoms with E-state index in [0.717, 1.165) is 66.2 Å². The molecule has 0 radical (unpaired) electrons. The molecule has 0 spiro atoms. The minimum Gasteiger partial charge on any atom is -0.374 e. The lowest BCUT2D eigenvalue weighted by Crippen LogP contribution is -2.37. The molecular formula is C23H27FN6O. The summed E-state index contributed by atoms with van der Waals surface area (Å²) < 4.78 is 22.3. The van der Waals surface area contributed by atoms with E-state index in [1.165, 1.54) is 0 Å². The molecule has 2 bridgehead atoms. The van der Waals surface area contributed by atoms with Crippen molar-refractivity contribution in [3.8, 4) is 5.82 Å². The highest BCUT2D eigenvalue weighted by Crippen LogP contribution is 2.35. The summed E-state index contributed by atoms with van der Waals surface area (Å²) in [5.74, 6) is 2.31. The Balaban J connectivity index is 1.42. The third-order valence-corrected chi connectivity index (χ3v) is 6.99. The quantitative estimate of drug-likeness (QED) is 0.700. The van der Waals surface area contributed by atoms with Gasteiger partial charge >= 0.3 is 0 Å². The molecule has 0 saturated carbocycles. The fraction of sp³-hybridized carbons (Fsp3) is 0.522. The lowest BCUT2D eigenvalue weighted by molar-refractivity contribution is 0.0988. The predicted molar refractivity (Wildman–Crippen MR) is 117 cm³/mol. The second-order valence-corrected chi connectivity index (χ2v) is 9.07. The molecule has 7 nitrogen and oxygen atoms in total. The fourth-order valence-electron chi connectivity index (χ4n) is 5.43. The third kappa shape index (κ3) is 3.20. The molecule has 4 atom stereocenters. The van der Waals surface area contributed by atoms with Gasteiger partial charge in [0.2, 0.25) is 0 Å². The van der Waals surface area contributed by atoms with Gasteiger partial charge in [0.15, 0.2) is 5.82 Å². The van der Waals surface area contributed by atoms with Gasteiger partial charge in [-0.05, 0) is 56.5 Å². The minimum atomic E-state index is -0.873. The molecule has 0 unspecified atom stereocenters. The number of fused-ring (bicyclic) bond motifs is 3. The number of nitrogens with one attached hydrogen (secondary N) is 1. The summed E-state index contributed by atoms with van der Waals surface area (Å²) in [6.45, 7) is 6.88. The van der Waals surface area contributed by atoms with Crippen molar-refractivity contribution in [2.45, 2.75) is 50.9 Å². The summed E-state index contributed by atoms with van der Waals surface area (Å²) in [4.78, 5) is 11.7. The number of anilines is 1. The van der Waals surface area contributed by atoms with Gasteiger partial charge in [0.05, 0.1) is 30.5 Å². The summed E-state index contributed by atoms with van der Waals surface area (Å²) >= 11 is 0. The highest BCUT2D eigenvalue weighted by Gasteiger charge is 2.40. The van der Waals surface area contributed by atoms with Crippen molar-refractivity contribution in [2.24, 2.45) is 0 Å². The average Bonchev–Trinajstić information content (AvgIpc) is 3.49. The molecule has 3 saturated heterocycles. The van der Waals surface area contributed by atoms with Crippen LogP contribution in [0.2, 0.25) is 0 Å². The number of aromatic nitrogens is 4. The van der Waals surface area contributed by atoms with E-state index >= 15 is 0 Å². The van der Waals surface area contributed by atoms with Crippen molar-refractivity contribution in [3.63, 3.8) is 0 Å². The van der Waals surface area contributed by atoms with Gasteiger partial charge in [-0.2, -0.15) is 5.10 Å². The van der Waals surface area contributed by atoms with Crippen LogP contribution in [-0.4, -0.2) is 64.3 Å². The van der Waals surface area contributed by atoms with Crippen LogP contribution in [0.25, 0.3) is 16.7 Å². The third-order valence-electron chi connectivity index (χ3n) is 6.99. The number of benzene rings is 1. The van der Waals surface area contributed by atoms with E-state index < -0.39 is 6.17 Å². The molecule has 31 heavy (non-hydrogen) atoms. The Morgan fingerprint density at radius 1 is 1.16 bits per heavy atom. The summed E-state index contributed by atoms with van der Waals surface area (Å²) in [5, 5.41) is 8.84. The van der Waals surface area contributed by atoms with Gasteiger partial charge in [-0.25, -0.2) is 19.0 Å². The molecule has 3 aromatic rings. The normalized spacial score (nSPS) is 28.0. The Bertz CT molecular complexity index is 1150. The van der Waals surface area contributed by atoms with Crippen molar-refractivity contribution >= 4 is 16.7 Å². The molecule has 5 heterocycles. The van der Waals surface area contributed by atoms with E-state index in [1.807, 2.05) is 23.9 Å². The summed E-state index contributed by atoms with van der Waals surface area (Å²) in [6.07, 6.45) is 3.16. The van der Waals surface area contributed by atoms with Crippen LogP contribution in [-0.2, 0) is 4.74 Å².